The molecule has 0 N–H and O–H groups in total. The molecule has 0 aliphatic carbocycles. The average molecular weight is 385 g/mol. The minimum atomic E-state index is 0.526. The smallest absolute Gasteiger partial charge is 0.0878 e. The van der Waals surface area contributed by atoms with E-state index < -0.39 is 0 Å². The topological polar surface area (TPSA) is 0 Å². The minimum Gasteiger partial charge on any atom is -0.160 e. The third kappa shape index (κ3) is 2.92. The highest BCUT2D eigenvalue weighted by Crippen LogP contribution is 2.77. The van der Waals surface area contributed by atoms with E-state index in [0.717, 1.165) is 0 Å². The van der Waals surface area contributed by atoms with Gasteiger partial charge in [0, 0.05) is 28.8 Å². The predicted octanol–water partition coefficient (Wildman–Crippen LogP) is 5.38. The quantitative estimate of drug-likeness (QED) is 0.512. The molecule has 0 saturated carbocycles. The number of hydrogen-bond acceptors (Lipinski definition) is 6. The first-order valence-corrected chi connectivity index (χ1v) is 13.6. The highest BCUT2D eigenvalue weighted by molar-refractivity contribution is 8.29. The van der Waals surface area contributed by atoms with Crippen LogP contribution in [0.3, 0.4) is 0 Å². The van der Waals surface area contributed by atoms with Crippen LogP contribution in [0.5, 0.6) is 0 Å². The van der Waals surface area contributed by atoms with Crippen molar-refractivity contribution in [1.29, 1.82) is 0 Å². The van der Waals surface area contributed by atoms with Crippen molar-refractivity contribution in [3.63, 3.8) is 0 Å². The van der Waals surface area contributed by atoms with Gasteiger partial charge in [0.1, 0.15) is 0 Å². The van der Waals surface area contributed by atoms with Crippen molar-refractivity contribution in [2.24, 2.45) is 0 Å². The second-order valence-electron chi connectivity index (χ2n) is 5.51. The van der Waals surface area contributed by atoms with E-state index >= 15 is 0 Å². The molecule has 116 valence electrons. The Balaban J connectivity index is 1.82. The summed E-state index contributed by atoms with van der Waals surface area (Å²) in [5.41, 5.74) is 0. The molecule has 3 rings (SSSR count). The Morgan fingerprint density at radius 3 is 1.70 bits per heavy atom. The average Bonchev–Trinajstić information content (AvgIpc) is 3.39. The molecule has 0 aromatic heterocycles. The molecule has 2 unspecified atom stereocenters. The lowest BCUT2D eigenvalue weighted by Crippen LogP contribution is -2.54. The molecule has 0 amide bonds. The summed E-state index contributed by atoms with van der Waals surface area (Å²) in [6.07, 6.45) is 2.65. The zero-order valence-corrected chi connectivity index (χ0v) is 17.2. The van der Waals surface area contributed by atoms with Crippen LogP contribution in [-0.2, 0) is 0 Å². The van der Waals surface area contributed by atoms with Crippen molar-refractivity contribution in [2.75, 3.05) is 40.3 Å². The van der Waals surface area contributed by atoms with Crippen LogP contribution < -0.4 is 0 Å². The van der Waals surface area contributed by atoms with Crippen molar-refractivity contribution < 1.29 is 0 Å². The third-order valence-corrected chi connectivity index (χ3v) is 15.1. The Bertz CT molecular complexity index is 305. The maximum absolute atomic E-state index is 2.35. The molecule has 20 heavy (non-hydrogen) atoms. The van der Waals surface area contributed by atoms with Crippen LogP contribution in [0.2, 0.25) is 0 Å². The second kappa shape index (κ2) is 6.92. The minimum absolute atomic E-state index is 0.526. The molecule has 3 aliphatic rings. The fraction of sp³-hybridized carbons (Fsp3) is 1.00. The van der Waals surface area contributed by atoms with Gasteiger partial charge in [0.05, 0.1) is 12.9 Å². The third-order valence-electron chi connectivity index (χ3n) is 4.00. The molecule has 3 saturated heterocycles. The summed E-state index contributed by atoms with van der Waals surface area (Å²) in [5, 5.41) is 0. The standard InChI is InChI=1S/C14H24S6/c1-3-5-17-13(10-19-13)12(9-15-7-8-16-12)14(11-20-14)18-6-4-2/h3-11H2,1-2H3. The molecule has 0 radical (unpaired) electrons. The van der Waals surface area contributed by atoms with Gasteiger partial charge in [-0.1, -0.05) is 13.8 Å². The van der Waals surface area contributed by atoms with Crippen molar-refractivity contribution in [1.82, 2.24) is 0 Å². The van der Waals surface area contributed by atoms with Crippen molar-refractivity contribution in [3.8, 4) is 0 Å². The van der Waals surface area contributed by atoms with Gasteiger partial charge in [0.2, 0.25) is 0 Å². The maximum atomic E-state index is 2.35. The highest BCUT2D eigenvalue weighted by atomic mass is 32.2. The predicted molar refractivity (Wildman–Crippen MR) is 108 cm³/mol. The summed E-state index contributed by atoms with van der Waals surface area (Å²) in [6.45, 7) is 4.66. The summed E-state index contributed by atoms with van der Waals surface area (Å²) in [7, 11) is 0. The van der Waals surface area contributed by atoms with Gasteiger partial charge in [-0.05, 0) is 24.3 Å². The SMILES string of the molecule is CCCSC1(C2(C3(SCCC)CS3)CSCCS2)CS1. The first-order valence-electron chi connectivity index (χ1n) is 7.52. The van der Waals surface area contributed by atoms with E-state index in [9.17, 15) is 0 Å². The highest BCUT2D eigenvalue weighted by Gasteiger charge is 2.74. The van der Waals surface area contributed by atoms with E-state index in [4.69, 9.17) is 0 Å². The molecule has 0 bridgehead atoms. The lowest BCUT2D eigenvalue weighted by Gasteiger charge is -2.47. The Kier molecular flexibility index (Phi) is 5.86. The lowest BCUT2D eigenvalue weighted by atomic mass is 10.0. The fourth-order valence-corrected chi connectivity index (χ4v) is 14.2. The molecule has 0 spiro atoms. The lowest BCUT2D eigenvalue weighted by molar-refractivity contribution is 0.641. The Morgan fingerprint density at radius 1 is 0.800 bits per heavy atom. The fourth-order valence-electron chi connectivity index (χ4n) is 2.79. The molecule has 0 aromatic rings. The van der Waals surface area contributed by atoms with E-state index in [1.807, 2.05) is 0 Å². The normalized spacial score (nSPS) is 43.5. The zero-order chi connectivity index (χ0) is 14.1. The molecular formula is C14H24S6. The summed E-state index contributed by atoms with van der Waals surface area (Å²) in [6, 6.07) is 0. The Labute approximate surface area is 149 Å². The molecule has 6 heteroatoms. The monoisotopic (exact) mass is 384 g/mol. The van der Waals surface area contributed by atoms with E-state index in [2.05, 4.69) is 84.4 Å². The van der Waals surface area contributed by atoms with E-state index in [1.165, 1.54) is 53.1 Å². The van der Waals surface area contributed by atoms with Gasteiger partial charge in [-0.15, -0.1) is 58.8 Å². The number of hydrogen-bond donors (Lipinski definition) is 0. The van der Waals surface area contributed by atoms with Gasteiger partial charge >= 0.3 is 0 Å². The molecule has 2 atom stereocenters. The van der Waals surface area contributed by atoms with Crippen LogP contribution in [0, 0.1) is 0 Å². The first-order chi connectivity index (χ1) is 9.74. The van der Waals surface area contributed by atoms with Gasteiger partial charge in [0.15, 0.2) is 0 Å². The molecular weight excluding hydrogens is 361 g/mol. The van der Waals surface area contributed by atoms with Crippen LogP contribution in [0.1, 0.15) is 26.7 Å². The van der Waals surface area contributed by atoms with E-state index in [-0.39, 0.29) is 0 Å². The first kappa shape index (κ1) is 16.9. The van der Waals surface area contributed by atoms with Gasteiger partial charge in [0.25, 0.3) is 0 Å². The largest absolute Gasteiger partial charge is 0.160 e. The number of rotatable bonds is 8. The van der Waals surface area contributed by atoms with Gasteiger partial charge in [-0.3, -0.25) is 0 Å². The van der Waals surface area contributed by atoms with Gasteiger partial charge in [-0.2, -0.15) is 11.8 Å². The van der Waals surface area contributed by atoms with Crippen molar-refractivity contribution in [3.05, 3.63) is 0 Å². The van der Waals surface area contributed by atoms with Crippen molar-refractivity contribution >= 4 is 70.6 Å². The van der Waals surface area contributed by atoms with Crippen LogP contribution >= 0.6 is 70.6 Å². The summed E-state index contributed by atoms with van der Waals surface area (Å²) >= 11 is 13.7. The van der Waals surface area contributed by atoms with Crippen LogP contribution in [-0.4, -0.2) is 53.2 Å². The van der Waals surface area contributed by atoms with Gasteiger partial charge < -0.3 is 0 Å². The Hall–Kier alpha value is 2.10. The van der Waals surface area contributed by atoms with Crippen LogP contribution in [0.25, 0.3) is 0 Å². The van der Waals surface area contributed by atoms with Gasteiger partial charge in [-0.25, -0.2) is 0 Å². The van der Waals surface area contributed by atoms with Crippen molar-refractivity contribution in [2.45, 2.75) is 39.6 Å². The van der Waals surface area contributed by atoms with E-state index in [1.54, 1.807) is 0 Å². The van der Waals surface area contributed by atoms with Crippen LogP contribution in [0.4, 0.5) is 0 Å². The zero-order valence-electron chi connectivity index (χ0n) is 12.3. The molecule has 3 aliphatic heterocycles. The molecule has 3 fully saturated rings. The summed E-state index contributed by atoms with van der Waals surface area (Å²) < 4.78 is 1.62. The molecule has 3 heterocycles. The second-order valence-corrected chi connectivity index (χ2v) is 13.9. The maximum Gasteiger partial charge on any atom is 0.0878 e. The molecule has 0 aromatic carbocycles. The number of thioether (sulfide) groups is 6. The van der Waals surface area contributed by atoms with Crippen LogP contribution in [0.15, 0.2) is 0 Å². The molecule has 0 nitrogen and oxygen atoms in total. The summed E-state index contributed by atoms with van der Waals surface area (Å²) in [4.78, 5) is 0. The van der Waals surface area contributed by atoms with E-state index in [0.29, 0.717) is 12.9 Å². The summed E-state index contributed by atoms with van der Waals surface area (Å²) in [5.74, 6) is 9.63. The Morgan fingerprint density at radius 2 is 1.35 bits per heavy atom.